The van der Waals surface area contributed by atoms with Gasteiger partial charge in [-0.15, -0.1) is 11.8 Å². The number of carbonyl (C=O) groups is 2. The van der Waals surface area contributed by atoms with Crippen LogP contribution < -0.4 is 0 Å². The fourth-order valence-electron chi connectivity index (χ4n) is 2.03. The summed E-state index contributed by atoms with van der Waals surface area (Å²) < 4.78 is 0. The molecule has 0 saturated heterocycles. The van der Waals surface area contributed by atoms with E-state index in [9.17, 15) is 9.59 Å². The molecule has 20 heavy (non-hydrogen) atoms. The van der Waals surface area contributed by atoms with Gasteiger partial charge in [0.05, 0.1) is 0 Å². The summed E-state index contributed by atoms with van der Waals surface area (Å²) in [5, 5.41) is 8.83. The van der Waals surface area contributed by atoms with E-state index in [1.807, 2.05) is 30.3 Å². The maximum atomic E-state index is 12.0. The van der Waals surface area contributed by atoms with Crippen molar-refractivity contribution in [2.75, 3.05) is 12.3 Å². The Morgan fingerprint density at radius 1 is 1.25 bits per heavy atom. The Morgan fingerprint density at radius 2 is 1.95 bits per heavy atom. The van der Waals surface area contributed by atoms with E-state index in [0.29, 0.717) is 6.42 Å². The summed E-state index contributed by atoms with van der Waals surface area (Å²) in [6.07, 6.45) is 3.10. The van der Waals surface area contributed by atoms with E-state index >= 15 is 0 Å². The number of carboxylic acid groups (broad SMARTS) is 1. The molecule has 1 aliphatic carbocycles. The van der Waals surface area contributed by atoms with Crippen LogP contribution in [0.2, 0.25) is 0 Å². The molecule has 1 saturated carbocycles. The highest BCUT2D eigenvalue weighted by molar-refractivity contribution is 7.99. The van der Waals surface area contributed by atoms with Crippen LogP contribution >= 0.6 is 11.8 Å². The normalized spacial score (nSPS) is 14.0. The summed E-state index contributed by atoms with van der Waals surface area (Å²) in [7, 11) is 0. The van der Waals surface area contributed by atoms with Crippen LogP contribution in [0.1, 0.15) is 25.7 Å². The van der Waals surface area contributed by atoms with Crippen LogP contribution in [0.5, 0.6) is 0 Å². The summed E-state index contributed by atoms with van der Waals surface area (Å²) >= 11 is 1.72. The number of rotatable bonds is 8. The Morgan fingerprint density at radius 3 is 2.55 bits per heavy atom. The molecule has 0 atom stereocenters. The summed E-state index contributed by atoms with van der Waals surface area (Å²) in [6.45, 7) is -0.157. The summed E-state index contributed by atoms with van der Waals surface area (Å²) in [4.78, 5) is 25.5. The maximum Gasteiger partial charge on any atom is 0.323 e. The average Bonchev–Trinajstić information content (AvgIpc) is 3.26. The number of thioether (sulfide) groups is 1. The smallest absolute Gasteiger partial charge is 0.323 e. The zero-order valence-electron chi connectivity index (χ0n) is 11.3. The predicted molar refractivity (Wildman–Crippen MR) is 78.8 cm³/mol. The number of aliphatic carboxylic acids is 1. The number of nitrogens with zero attached hydrogens (tertiary/aromatic N) is 1. The Kier molecular flexibility index (Phi) is 5.47. The minimum atomic E-state index is -0.927. The summed E-state index contributed by atoms with van der Waals surface area (Å²) in [5.74, 6) is -0.0751. The van der Waals surface area contributed by atoms with Gasteiger partial charge in [0.15, 0.2) is 0 Å². The zero-order chi connectivity index (χ0) is 14.4. The van der Waals surface area contributed by atoms with Gasteiger partial charge in [-0.05, 0) is 37.1 Å². The third-order valence-corrected chi connectivity index (χ3v) is 4.26. The Balaban J connectivity index is 1.69. The minimum Gasteiger partial charge on any atom is -0.480 e. The molecular weight excluding hydrogens is 274 g/mol. The topological polar surface area (TPSA) is 57.6 Å². The lowest BCUT2D eigenvalue weighted by molar-refractivity contribution is -0.144. The van der Waals surface area contributed by atoms with Crippen LogP contribution in [-0.2, 0) is 9.59 Å². The van der Waals surface area contributed by atoms with Crippen LogP contribution in [0.15, 0.2) is 35.2 Å². The van der Waals surface area contributed by atoms with Crippen molar-refractivity contribution in [3.63, 3.8) is 0 Å². The molecule has 0 radical (unpaired) electrons. The highest BCUT2D eigenvalue weighted by Crippen LogP contribution is 2.27. The standard InChI is InChI=1S/C15H19NO3S/c17-14(16(11-15(18)19)12-8-9-12)7-4-10-20-13-5-2-1-3-6-13/h1-3,5-6,12H,4,7-11H2,(H,18,19). The van der Waals surface area contributed by atoms with Crippen LogP contribution in [0, 0.1) is 0 Å². The largest absolute Gasteiger partial charge is 0.480 e. The molecule has 0 heterocycles. The van der Waals surface area contributed by atoms with Gasteiger partial charge in [0, 0.05) is 17.4 Å². The molecule has 0 aliphatic heterocycles. The SMILES string of the molecule is O=C(O)CN(C(=O)CCCSc1ccccc1)C1CC1. The lowest BCUT2D eigenvalue weighted by Crippen LogP contribution is -2.37. The number of hydrogen-bond donors (Lipinski definition) is 1. The molecule has 0 unspecified atom stereocenters. The van der Waals surface area contributed by atoms with Crippen LogP contribution in [0.25, 0.3) is 0 Å². The first kappa shape index (κ1) is 14.9. The van der Waals surface area contributed by atoms with E-state index in [4.69, 9.17) is 5.11 Å². The van der Waals surface area contributed by atoms with Gasteiger partial charge in [-0.25, -0.2) is 0 Å². The van der Waals surface area contributed by atoms with Gasteiger partial charge in [0.1, 0.15) is 6.54 Å². The fraction of sp³-hybridized carbons (Fsp3) is 0.467. The Bertz CT molecular complexity index is 459. The Labute approximate surface area is 123 Å². The first-order valence-corrected chi connectivity index (χ1v) is 7.84. The molecule has 4 nitrogen and oxygen atoms in total. The van der Waals surface area contributed by atoms with Crippen LogP contribution in [0.3, 0.4) is 0 Å². The van der Waals surface area contributed by atoms with E-state index in [1.54, 1.807) is 11.8 Å². The van der Waals surface area contributed by atoms with Gasteiger partial charge < -0.3 is 10.0 Å². The molecule has 1 fully saturated rings. The first-order valence-electron chi connectivity index (χ1n) is 6.86. The average molecular weight is 293 g/mol. The molecule has 2 rings (SSSR count). The van der Waals surface area contributed by atoms with Crippen LogP contribution in [0.4, 0.5) is 0 Å². The van der Waals surface area contributed by atoms with E-state index < -0.39 is 5.97 Å². The van der Waals surface area contributed by atoms with Crippen molar-refractivity contribution in [2.45, 2.75) is 36.6 Å². The van der Waals surface area contributed by atoms with E-state index in [-0.39, 0.29) is 18.5 Å². The summed E-state index contributed by atoms with van der Waals surface area (Å²) in [6, 6.07) is 10.2. The second kappa shape index (κ2) is 7.33. The second-order valence-electron chi connectivity index (χ2n) is 4.91. The monoisotopic (exact) mass is 293 g/mol. The predicted octanol–water partition coefficient (Wildman–Crippen LogP) is 2.63. The lowest BCUT2D eigenvalue weighted by Gasteiger charge is -2.20. The molecule has 1 aromatic carbocycles. The molecule has 1 aromatic rings. The van der Waals surface area contributed by atoms with Gasteiger partial charge in [0.25, 0.3) is 0 Å². The van der Waals surface area contributed by atoms with Crippen molar-refractivity contribution < 1.29 is 14.7 Å². The molecule has 0 aromatic heterocycles. The minimum absolute atomic E-state index is 0.0245. The molecule has 1 N–H and O–H groups in total. The second-order valence-corrected chi connectivity index (χ2v) is 6.08. The van der Waals surface area contributed by atoms with Gasteiger partial charge >= 0.3 is 5.97 Å². The molecule has 5 heteroatoms. The third-order valence-electron chi connectivity index (χ3n) is 3.16. The van der Waals surface area contributed by atoms with Crippen molar-refractivity contribution in [3.8, 4) is 0 Å². The van der Waals surface area contributed by atoms with Gasteiger partial charge in [-0.2, -0.15) is 0 Å². The fourth-order valence-corrected chi connectivity index (χ4v) is 2.90. The number of benzene rings is 1. The third kappa shape index (κ3) is 4.89. The summed E-state index contributed by atoms with van der Waals surface area (Å²) in [5.41, 5.74) is 0. The van der Waals surface area contributed by atoms with Crippen molar-refractivity contribution >= 4 is 23.6 Å². The quantitative estimate of drug-likeness (QED) is 0.591. The van der Waals surface area contributed by atoms with Crippen molar-refractivity contribution in [1.29, 1.82) is 0 Å². The Hall–Kier alpha value is -1.49. The van der Waals surface area contributed by atoms with E-state index in [2.05, 4.69) is 0 Å². The van der Waals surface area contributed by atoms with Crippen molar-refractivity contribution in [1.82, 2.24) is 4.90 Å². The van der Waals surface area contributed by atoms with Crippen LogP contribution in [-0.4, -0.2) is 40.2 Å². The molecule has 108 valence electrons. The molecule has 0 bridgehead atoms. The van der Waals surface area contributed by atoms with E-state index in [0.717, 1.165) is 25.0 Å². The molecular formula is C15H19NO3S. The number of carboxylic acids is 1. The lowest BCUT2D eigenvalue weighted by atomic mass is 10.3. The van der Waals surface area contributed by atoms with Crippen molar-refractivity contribution in [2.24, 2.45) is 0 Å². The first-order chi connectivity index (χ1) is 9.66. The number of hydrogen-bond acceptors (Lipinski definition) is 3. The van der Waals surface area contributed by atoms with Gasteiger partial charge in [-0.3, -0.25) is 9.59 Å². The van der Waals surface area contributed by atoms with Crippen molar-refractivity contribution in [3.05, 3.63) is 30.3 Å². The number of carbonyl (C=O) groups excluding carboxylic acids is 1. The van der Waals surface area contributed by atoms with Gasteiger partial charge in [0.2, 0.25) is 5.91 Å². The van der Waals surface area contributed by atoms with E-state index in [1.165, 1.54) is 9.80 Å². The highest BCUT2D eigenvalue weighted by atomic mass is 32.2. The molecule has 1 amide bonds. The zero-order valence-corrected chi connectivity index (χ0v) is 12.1. The highest BCUT2D eigenvalue weighted by Gasteiger charge is 2.33. The molecule has 0 spiro atoms. The van der Waals surface area contributed by atoms with Gasteiger partial charge in [-0.1, -0.05) is 18.2 Å². The number of amides is 1. The maximum absolute atomic E-state index is 12.0. The molecule has 1 aliphatic rings.